The number of anilines is 1. The van der Waals surface area contributed by atoms with Crippen LogP contribution in [-0.2, 0) is 6.54 Å². The maximum Gasteiger partial charge on any atom is 0.287 e. The lowest BCUT2D eigenvalue weighted by Gasteiger charge is -2.28. The van der Waals surface area contributed by atoms with Gasteiger partial charge in [-0.1, -0.05) is 30.3 Å². The zero-order valence-corrected chi connectivity index (χ0v) is 14.2. The third kappa shape index (κ3) is 3.53. The quantitative estimate of drug-likeness (QED) is 0.771. The third-order valence-corrected chi connectivity index (χ3v) is 4.76. The first-order valence-electron chi connectivity index (χ1n) is 8.90. The van der Waals surface area contributed by atoms with E-state index >= 15 is 0 Å². The Labute approximate surface area is 147 Å². The molecule has 2 heterocycles. The highest BCUT2D eigenvalue weighted by atomic mass is 16.3. The van der Waals surface area contributed by atoms with Gasteiger partial charge in [0.05, 0.1) is 0 Å². The van der Waals surface area contributed by atoms with E-state index in [-0.39, 0.29) is 5.91 Å². The molecule has 0 spiro atoms. The molecule has 0 aliphatic carbocycles. The average molecular weight is 334 g/mol. The van der Waals surface area contributed by atoms with Crippen LogP contribution in [0.15, 0.2) is 59.0 Å². The number of amides is 1. The second-order valence-corrected chi connectivity index (χ2v) is 6.55. The Balaban J connectivity index is 1.38. The van der Waals surface area contributed by atoms with E-state index in [9.17, 15) is 4.79 Å². The van der Waals surface area contributed by atoms with Crippen LogP contribution in [0.2, 0.25) is 0 Å². The molecule has 1 aliphatic heterocycles. The number of hydrogen-bond donors (Lipinski definition) is 1. The van der Waals surface area contributed by atoms with Crippen LogP contribution in [0.1, 0.15) is 35.4 Å². The summed E-state index contributed by atoms with van der Waals surface area (Å²) in [7, 11) is 0. The van der Waals surface area contributed by atoms with Crippen molar-refractivity contribution in [1.29, 1.82) is 0 Å². The lowest BCUT2D eigenvalue weighted by Crippen LogP contribution is -2.29. The first kappa shape index (κ1) is 15.8. The SMILES string of the molecule is O=C(NCc1ccc(N2CCCCC2)cc1)c1cc2ccccc2o1. The molecule has 0 atom stereocenters. The molecule has 0 saturated carbocycles. The summed E-state index contributed by atoms with van der Waals surface area (Å²) >= 11 is 0. The minimum Gasteiger partial charge on any atom is -0.451 e. The maximum absolute atomic E-state index is 12.3. The van der Waals surface area contributed by atoms with E-state index in [1.165, 1.54) is 24.9 Å². The first-order chi connectivity index (χ1) is 12.3. The predicted octanol–water partition coefficient (Wildman–Crippen LogP) is 4.35. The van der Waals surface area contributed by atoms with Crippen molar-refractivity contribution >= 4 is 22.6 Å². The molecule has 3 aromatic rings. The summed E-state index contributed by atoms with van der Waals surface area (Å²) in [5.41, 5.74) is 3.09. The summed E-state index contributed by atoms with van der Waals surface area (Å²) in [4.78, 5) is 14.7. The smallest absolute Gasteiger partial charge is 0.287 e. The van der Waals surface area contributed by atoms with Gasteiger partial charge in [0.25, 0.3) is 5.91 Å². The minimum atomic E-state index is -0.184. The average Bonchev–Trinajstić information content (AvgIpc) is 3.11. The molecule has 1 saturated heterocycles. The van der Waals surface area contributed by atoms with Crippen molar-refractivity contribution in [1.82, 2.24) is 5.32 Å². The topological polar surface area (TPSA) is 45.5 Å². The van der Waals surface area contributed by atoms with Gasteiger partial charge in [0.15, 0.2) is 5.76 Å². The summed E-state index contributed by atoms with van der Waals surface area (Å²) in [5, 5.41) is 3.87. The van der Waals surface area contributed by atoms with Gasteiger partial charge in [0.1, 0.15) is 5.58 Å². The molecule has 25 heavy (non-hydrogen) atoms. The largest absolute Gasteiger partial charge is 0.451 e. The van der Waals surface area contributed by atoms with Gasteiger partial charge in [-0.15, -0.1) is 0 Å². The predicted molar refractivity (Wildman–Crippen MR) is 99.9 cm³/mol. The number of nitrogens with zero attached hydrogens (tertiary/aromatic N) is 1. The third-order valence-electron chi connectivity index (χ3n) is 4.76. The highest BCUT2D eigenvalue weighted by molar-refractivity contribution is 5.96. The van der Waals surface area contributed by atoms with Crippen molar-refractivity contribution < 1.29 is 9.21 Å². The van der Waals surface area contributed by atoms with Crippen LogP contribution in [0.5, 0.6) is 0 Å². The number of hydrogen-bond acceptors (Lipinski definition) is 3. The second kappa shape index (κ2) is 7.01. The molecule has 128 valence electrons. The lowest BCUT2D eigenvalue weighted by molar-refractivity contribution is 0.0925. The molecule has 4 nitrogen and oxygen atoms in total. The second-order valence-electron chi connectivity index (χ2n) is 6.55. The van der Waals surface area contributed by atoms with Gasteiger partial charge >= 0.3 is 0 Å². The molecule has 0 unspecified atom stereocenters. The van der Waals surface area contributed by atoms with Crippen molar-refractivity contribution in [2.45, 2.75) is 25.8 Å². The Morgan fingerprint density at radius 2 is 1.76 bits per heavy atom. The Kier molecular flexibility index (Phi) is 4.42. The number of piperidine rings is 1. The number of furan rings is 1. The zero-order chi connectivity index (χ0) is 17.1. The van der Waals surface area contributed by atoms with Crippen LogP contribution >= 0.6 is 0 Å². The van der Waals surface area contributed by atoms with Crippen molar-refractivity contribution in [2.24, 2.45) is 0 Å². The van der Waals surface area contributed by atoms with Gasteiger partial charge in [-0.2, -0.15) is 0 Å². The first-order valence-corrected chi connectivity index (χ1v) is 8.90. The van der Waals surface area contributed by atoms with E-state index in [1.807, 2.05) is 24.3 Å². The van der Waals surface area contributed by atoms with Crippen LogP contribution in [0.4, 0.5) is 5.69 Å². The Hall–Kier alpha value is -2.75. The summed E-state index contributed by atoms with van der Waals surface area (Å²) < 4.78 is 5.60. The van der Waals surface area contributed by atoms with Crippen LogP contribution in [0.3, 0.4) is 0 Å². The molecule has 1 fully saturated rings. The minimum absolute atomic E-state index is 0.184. The van der Waals surface area contributed by atoms with Crippen LogP contribution < -0.4 is 10.2 Å². The van der Waals surface area contributed by atoms with Gasteiger partial charge in [0.2, 0.25) is 0 Å². The van der Waals surface area contributed by atoms with Gasteiger partial charge in [-0.05, 0) is 49.1 Å². The van der Waals surface area contributed by atoms with Crippen LogP contribution in [-0.4, -0.2) is 19.0 Å². The summed E-state index contributed by atoms with van der Waals surface area (Å²) in [6.45, 7) is 2.78. The highest BCUT2D eigenvalue weighted by Gasteiger charge is 2.13. The molecular weight excluding hydrogens is 312 g/mol. The number of carbonyl (C=O) groups is 1. The number of para-hydroxylation sites is 1. The van der Waals surface area contributed by atoms with E-state index in [2.05, 4.69) is 34.5 Å². The van der Waals surface area contributed by atoms with E-state index < -0.39 is 0 Å². The van der Waals surface area contributed by atoms with Gasteiger partial charge < -0.3 is 14.6 Å². The number of rotatable bonds is 4. The lowest BCUT2D eigenvalue weighted by atomic mass is 10.1. The van der Waals surface area contributed by atoms with E-state index in [4.69, 9.17) is 4.42 Å². The van der Waals surface area contributed by atoms with Crippen LogP contribution in [0, 0.1) is 0 Å². The summed E-state index contributed by atoms with van der Waals surface area (Å²) in [6.07, 6.45) is 3.88. The Morgan fingerprint density at radius 1 is 1.00 bits per heavy atom. The van der Waals surface area contributed by atoms with Crippen molar-refractivity contribution in [3.8, 4) is 0 Å². The van der Waals surface area contributed by atoms with Crippen molar-refractivity contribution in [3.63, 3.8) is 0 Å². The Bertz CT molecular complexity index is 828. The van der Waals surface area contributed by atoms with E-state index in [1.54, 1.807) is 6.07 Å². The number of benzene rings is 2. The maximum atomic E-state index is 12.3. The molecule has 1 aliphatic rings. The summed E-state index contributed by atoms with van der Waals surface area (Å²) in [5.74, 6) is 0.169. The normalized spacial score (nSPS) is 14.6. The standard InChI is InChI=1S/C21H22N2O2/c24-21(20-14-17-6-2-3-7-19(17)25-20)22-15-16-8-10-18(11-9-16)23-12-4-1-5-13-23/h2-3,6-11,14H,1,4-5,12-13,15H2,(H,22,24). The number of fused-ring (bicyclic) bond motifs is 1. The molecule has 0 bridgehead atoms. The number of nitrogens with one attached hydrogen (secondary N) is 1. The number of carbonyl (C=O) groups excluding carboxylic acids is 1. The van der Waals surface area contributed by atoms with E-state index in [0.717, 1.165) is 29.6 Å². The molecule has 1 N–H and O–H groups in total. The molecule has 2 aromatic carbocycles. The van der Waals surface area contributed by atoms with Crippen molar-refractivity contribution in [3.05, 3.63) is 65.9 Å². The molecule has 1 aromatic heterocycles. The van der Waals surface area contributed by atoms with Gasteiger partial charge in [0, 0.05) is 30.7 Å². The zero-order valence-electron chi connectivity index (χ0n) is 14.2. The fourth-order valence-electron chi connectivity index (χ4n) is 3.34. The van der Waals surface area contributed by atoms with Gasteiger partial charge in [-0.3, -0.25) is 4.79 Å². The fourth-order valence-corrected chi connectivity index (χ4v) is 3.34. The molecule has 1 amide bonds. The Morgan fingerprint density at radius 3 is 2.52 bits per heavy atom. The molecule has 4 heteroatoms. The van der Waals surface area contributed by atoms with Crippen LogP contribution in [0.25, 0.3) is 11.0 Å². The highest BCUT2D eigenvalue weighted by Crippen LogP contribution is 2.21. The van der Waals surface area contributed by atoms with Gasteiger partial charge in [-0.25, -0.2) is 0 Å². The van der Waals surface area contributed by atoms with Crippen molar-refractivity contribution in [2.75, 3.05) is 18.0 Å². The summed E-state index contributed by atoms with van der Waals surface area (Å²) in [6, 6.07) is 17.9. The van der Waals surface area contributed by atoms with E-state index in [0.29, 0.717) is 12.3 Å². The molecular formula is C21H22N2O2. The molecule has 0 radical (unpaired) electrons. The molecule has 4 rings (SSSR count). The fraction of sp³-hybridized carbons (Fsp3) is 0.286. The monoisotopic (exact) mass is 334 g/mol.